The molecular weight excluding hydrogens is 721 g/mol. The molecule has 0 aromatic heterocycles. The lowest BCUT2D eigenvalue weighted by Crippen LogP contribution is -2.30. The van der Waals surface area contributed by atoms with E-state index < -0.39 is 6.10 Å². The average Bonchev–Trinajstić information content (AvgIpc) is 3.22. The topological polar surface area (TPSA) is 78.9 Å². The molecule has 0 rings (SSSR count). The summed E-state index contributed by atoms with van der Waals surface area (Å²) in [6, 6.07) is 0. The maximum absolute atomic E-state index is 12.7. The predicted molar refractivity (Wildman–Crippen MR) is 247 cm³/mol. The molecule has 0 fully saturated rings. The van der Waals surface area contributed by atoms with Crippen LogP contribution in [0.5, 0.6) is 0 Å². The normalized spacial score (nSPS) is 12.3. The van der Waals surface area contributed by atoms with Gasteiger partial charge in [-0.15, -0.1) is 0 Å². The van der Waals surface area contributed by atoms with Gasteiger partial charge in [-0.25, -0.2) is 0 Å². The monoisotopic (exact) mass is 815 g/mol. The van der Waals surface area contributed by atoms with Crippen molar-refractivity contribution in [1.29, 1.82) is 0 Å². The van der Waals surface area contributed by atoms with Crippen molar-refractivity contribution in [3.8, 4) is 0 Å². The number of hydrogen-bond acceptors (Lipinski definition) is 6. The molecule has 1 atom stereocenters. The number of ether oxygens (including phenoxy) is 3. The number of hydrogen-bond donors (Lipinski definition) is 0. The van der Waals surface area contributed by atoms with Crippen LogP contribution in [-0.2, 0) is 28.6 Å². The molecule has 0 radical (unpaired) electrons. The van der Waals surface area contributed by atoms with Gasteiger partial charge in [0.2, 0.25) is 0 Å². The summed E-state index contributed by atoms with van der Waals surface area (Å²) in [6.07, 6.45) is 54.0. The number of carbonyl (C=O) groups excluding carboxylic acids is 3. The first-order chi connectivity index (χ1) is 28.5. The van der Waals surface area contributed by atoms with E-state index in [9.17, 15) is 14.4 Å². The summed E-state index contributed by atoms with van der Waals surface area (Å²) in [6.45, 7) is 6.59. The Labute approximate surface area is 359 Å². The van der Waals surface area contributed by atoms with E-state index >= 15 is 0 Å². The molecule has 6 nitrogen and oxygen atoms in total. The van der Waals surface area contributed by atoms with Crippen molar-refractivity contribution in [2.24, 2.45) is 0 Å². The molecule has 0 amide bonds. The lowest BCUT2D eigenvalue weighted by atomic mass is 10.0. The van der Waals surface area contributed by atoms with E-state index in [1.54, 1.807) is 0 Å². The Kier molecular flexibility index (Phi) is 45.4. The Balaban J connectivity index is 4.37. The number of unbranched alkanes of at least 4 members (excludes halogenated alkanes) is 28. The number of carbonyl (C=O) groups is 3. The minimum absolute atomic E-state index is 0.0756. The van der Waals surface area contributed by atoms with Gasteiger partial charge in [-0.2, -0.15) is 0 Å². The lowest BCUT2D eigenvalue weighted by Gasteiger charge is -2.18. The maximum Gasteiger partial charge on any atom is 0.306 e. The van der Waals surface area contributed by atoms with Gasteiger partial charge in [0, 0.05) is 19.3 Å². The predicted octanol–water partition coefficient (Wildman–Crippen LogP) is 16.1. The van der Waals surface area contributed by atoms with Crippen LogP contribution in [0.4, 0.5) is 0 Å². The van der Waals surface area contributed by atoms with Gasteiger partial charge in [0.15, 0.2) is 6.10 Å². The zero-order chi connectivity index (χ0) is 42.3. The van der Waals surface area contributed by atoms with Gasteiger partial charge in [0.25, 0.3) is 0 Å². The molecule has 6 heteroatoms. The van der Waals surface area contributed by atoms with Gasteiger partial charge < -0.3 is 14.2 Å². The Hall–Kier alpha value is -2.37. The van der Waals surface area contributed by atoms with Gasteiger partial charge >= 0.3 is 17.9 Å². The van der Waals surface area contributed by atoms with E-state index in [2.05, 4.69) is 57.2 Å². The number of allylic oxidation sites excluding steroid dienone is 6. The highest BCUT2D eigenvalue weighted by molar-refractivity contribution is 5.71. The van der Waals surface area contributed by atoms with E-state index in [0.717, 1.165) is 83.5 Å². The van der Waals surface area contributed by atoms with Crippen molar-refractivity contribution in [1.82, 2.24) is 0 Å². The third-order valence-electron chi connectivity index (χ3n) is 10.9. The summed E-state index contributed by atoms with van der Waals surface area (Å²) in [5, 5.41) is 0. The molecule has 58 heavy (non-hydrogen) atoms. The second kappa shape index (κ2) is 47.3. The zero-order valence-corrected chi connectivity index (χ0v) is 38.6. The van der Waals surface area contributed by atoms with Crippen LogP contribution >= 0.6 is 0 Å². The quantitative estimate of drug-likeness (QED) is 0.0264. The highest BCUT2D eigenvalue weighted by Gasteiger charge is 2.19. The Morgan fingerprint density at radius 1 is 0.345 bits per heavy atom. The molecule has 0 spiro atoms. The zero-order valence-electron chi connectivity index (χ0n) is 38.6. The molecule has 0 N–H and O–H groups in total. The summed E-state index contributed by atoms with van der Waals surface area (Å²) in [5.74, 6) is -0.891. The van der Waals surface area contributed by atoms with Crippen LogP contribution in [0.2, 0.25) is 0 Å². The smallest absolute Gasteiger partial charge is 0.306 e. The molecule has 338 valence electrons. The van der Waals surface area contributed by atoms with Crippen LogP contribution in [0.1, 0.15) is 258 Å². The van der Waals surface area contributed by atoms with Crippen LogP contribution < -0.4 is 0 Å². The number of rotatable bonds is 45. The Morgan fingerprint density at radius 3 is 1.00 bits per heavy atom. The van der Waals surface area contributed by atoms with Gasteiger partial charge in [-0.1, -0.05) is 218 Å². The van der Waals surface area contributed by atoms with Gasteiger partial charge in [0.05, 0.1) is 0 Å². The van der Waals surface area contributed by atoms with E-state index in [1.165, 1.54) is 135 Å². The molecule has 0 saturated heterocycles. The molecule has 0 saturated carbocycles. The summed E-state index contributed by atoms with van der Waals surface area (Å²) in [5.41, 5.74) is 0. The van der Waals surface area contributed by atoms with Crippen molar-refractivity contribution < 1.29 is 28.6 Å². The molecule has 0 aromatic rings. The minimum Gasteiger partial charge on any atom is -0.462 e. The average molecular weight is 815 g/mol. The molecule has 0 aliphatic rings. The molecule has 0 aliphatic heterocycles. The summed E-state index contributed by atoms with van der Waals surface area (Å²) in [4.78, 5) is 37.8. The van der Waals surface area contributed by atoms with E-state index in [0.29, 0.717) is 19.3 Å². The molecule has 0 heterocycles. The van der Waals surface area contributed by atoms with Crippen molar-refractivity contribution >= 4 is 17.9 Å². The van der Waals surface area contributed by atoms with E-state index in [-0.39, 0.29) is 31.1 Å². The standard InChI is InChI=1S/C52H94O6/c1-4-7-10-13-16-19-22-24-25-26-27-28-31-33-36-39-42-45-51(54)57-48-49(47-56-50(53)44-41-38-35-32-29-21-18-15-12-9-6-3)58-52(55)46-43-40-37-34-30-23-20-17-14-11-8-5-2/h16,19,24-25,27-28,49H,4-15,17-18,20-23,26,29-48H2,1-3H3/b19-16-,25-24-,28-27-/t49-/m0/s1. The molecule has 0 unspecified atom stereocenters. The highest BCUT2D eigenvalue weighted by Crippen LogP contribution is 2.15. The summed E-state index contributed by atoms with van der Waals surface area (Å²) >= 11 is 0. The van der Waals surface area contributed by atoms with Gasteiger partial charge in [-0.05, 0) is 57.8 Å². The fourth-order valence-electron chi connectivity index (χ4n) is 7.10. The van der Waals surface area contributed by atoms with Gasteiger partial charge in [0.1, 0.15) is 13.2 Å². The van der Waals surface area contributed by atoms with Crippen molar-refractivity contribution in [3.05, 3.63) is 36.5 Å². The largest absolute Gasteiger partial charge is 0.462 e. The van der Waals surface area contributed by atoms with Crippen LogP contribution in [0, 0.1) is 0 Å². The Morgan fingerprint density at radius 2 is 0.621 bits per heavy atom. The van der Waals surface area contributed by atoms with Crippen molar-refractivity contribution in [2.75, 3.05) is 13.2 Å². The summed E-state index contributed by atoms with van der Waals surface area (Å²) in [7, 11) is 0. The third kappa shape index (κ3) is 44.7. The van der Waals surface area contributed by atoms with Crippen LogP contribution in [-0.4, -0.2) is 37.2 Å². The van der Waals surface area contributed by atoms with Gasteiger partial charge in [-0.3, -0.25) is 14.4 Å². The first-order valence-corrected chi connectivity index (χ1v) is 25.0. The van der Waals surface area contributed by atoms with Crippen LogP contribution in [0.25, 0.3) is 0 Å². The molecular formula is C52H94O6. The SMILES string of the molecule is CCCCC/C=C\C/C=C\C/C=C\CCCCCCC(=O)OC[C@H](COC(=O)CCCCCCCCCCCCC)OC(=O)CCCCCCCCCCCCCC. The maximum atomic E-state index is 12.7. The minimum atomic E-state index is -0.774. The molecule has 0 aromatic carbocycles. The Bertz CT molecular complexity index is 984. The van der Waals surface area contributed by atoms with Crippen LogP contribution in [0.3, 0.4) is 0 Å². The first-order valence-electron chi connectivity index (χ1n) is 25.0. The molecule has 0 aliphatic carbocycles. The van der Waals surface area contributed by atoms with Crippen LogP contribution in [0.15, 0.2) is 36.5 Å². The second-order valence-electron chi connectivity index (χ2n) is 16.7. The highest BCUT2D eigenvalue weighted by atomic mass is 16.6. The fourth-order valence-corrected chi connectivity index (χ4v) is 7.10. The van der Waals surface area contributed by atoms with Crippen molar-refractivity contribution in [3.63, 3.8) is 0 Å². The fraction of sp³-hybridized carbons (Fsp3) is 0.827. The third-order valence-corrected chi connectivity index (χ3v) is 10.9. The second-order valence-corrected chi connectivity index (χ2v) is 16.7. The van der Waals surface area contributed by atoms with E-state index in [4.69, 9.17) is 14.2 Å². The molecule has 0 bridgehead atoms. The van der Waals surface area contributed by atoms with E-state index in [1.807, 2.05) is 0 Å². The van der Waals surface area contributed by atoms with Crippen molar-refractivity contribution in [2.45, 2.75) is 264 Å². The summed E-state index contributed by atoms with van der Waals surface area (Å²) < 4.78 is 16.7. The lowest BCUT2D eigenvalue weighted by molar-refractivity contribution is -0.167. The first kappa shape index (κ1) is 55.6. The number of esters is 3.